The molecule has 1 aliphatic rings. The van der Waals surface area contributed by atoms with Crippen LogP contribution in [-0.4, -0.2) is 71.6 Å². The summed E-state index contributed by atoms with van der Waals surface area (Å²) in [6, 6.07) is 9.09. The van der Waals surface area contributed by atoms with Gasteiger partial charge < -0.3 is 29.5 Å². The summed E-state index contributed by atoms with van der Waals surface area (Å²) in [6.07, 6.45) is 0.637. The zero-order valence-electron chi connectivity index (χ0n) is 21.9. The molecule has 1 amide bonds. The minimum atomic E-state index is -0.820. The molecule has 1 heterocycles. The number of hydrogen-bond acceptors (Lipinski definition) is 7. The number of ketones is 1. The molecule has 2 aromatic rings. The number of amides is 1. The maximum absolute atomic E-state index is 13.3. The maximum Gasteiger partial charge on any atom is 0.295 e. The molecule has 3 rings (SSSR count). The standard InChI is InChI=1S/C28H36N2O6/c1-7-35-23-16-19(9-11-21(23)31)25-24(27(33)28(34)30(25)14-8-13-29(5)6)26(32)20-10-12-22(18(4)15-20)36-17(2)3/h9-12,15-17,25,31-32H,7-8,13-14H2,1-6H3/t25-/m1/s1. The molecule has 194 valence electrons. The number of phenols is 1. The molecule has 0 aliphatic carbocycles. The summed E-state index contributed by atoms with van der Waals surface area (Å²) in [6.45, 7) is 8.92. The van der Waals surface area contributed by atoms with E-state index in [1.54, 1.807) is 37.3 Å². The van der Waals surface area contributed by atoms with Crippen LogP contribution in [0.4, 0.5) is 0 Å². The van der Waals surface area contributed by atoms with Gasteiger partial charge in [-0.1, -0.05) is 6.07 Å². The molecule has 2 aromatic carbocycles. The summed E-state index contributed by atoms with van der Waals surface area (Å²) < 4.78 is 11.3. The quantitative estimate of drug-likeness (QED) is 0.288. The molecule has 8 heteroatoms. The molecule has 1 fully saturated rings. The first kappa shape index (κ1) is 27.1. The molecule has 1 atom stereocenters. The third-order valence-corrected chi connectivity index (χ3v) is 5.95. The van der Waals surface area contributed by atoms with Crippen molar-refractivity contribution in [3.05, 3.63) is 58.7 Å². The van der Waals surface area contributed by atoms with Crippen LogP contribution >= 0.6 is 0 Å². The summed E-state index contributed by atoms with van der Waals surface area (Å²) in [5.74, 6) is -0.765. The van der Waals surface area contributed by atoms with E-state index in [0.29, 0.717) is 36.4 Å². The van der Waals surface area contributed by atoms with Gasteiger partial charge in [0.05, 0.1) is 24.3 Å². The van der Waals surface area contributed by atoms with Crippen LogP contribution in [0, 0.1) is 6.92 Å². The highest BCUT2D eigenvalue weighted by molar-refractivity contribution is 6.46. The Balaban J connectivity index is 2.13. The van der Waals surface area contributed by atoms with E-state index in [0.717, 1.165) is 12.1 Å². The van der Waals surface area contributed by atoms with Crippen molar-refractivity contribution in [2.75, 3.05) is 33.8 Å². The lowest BCUT2D eigenvalue weighted by atomic mass is 9.94. The lowest BCUT2D eigenvalue weighted by molar-refractivity contribution is -0.139. The number of carbonyl (C=O) groups is 2. The van der Waals surface area contributed by atoms with E-state index < -0.39 is 17.7 Å². The van der Waals surface area contributed by atoms with Gasteiger partial charge in [0, 0.05) is 12.1 Å². The first-order valence-corrected chi connectivity index (χ1v) is 12.2. The first-order chi connectivity index (χ1) is 17.0. The fourth-order valence-electron chi connectivity index (χ4n) is 4.32. The topological polar surface area (TPSA) is 99.5 Å². The Morgan fingerprint density at radius 3 is 2.44 bits per heavy atom. The van der Waals surface area contributed by atoms with Gasteiger partial charge in [0.15, 0.2) is 11.5 Å². The molecule has 0 unspecified atom stereocenters. The Morgan fingerprint density at radius 2 is 1.83 bits per heavy atom. The van der Waals surface area contributed by atoms with Crippen molar-refractivity contribution < 1.29 is 29.3 Å². The number of hydrogen-bond donors (Lipinski definition) is 2. The number of phenolic OH excluding ortho intramolecular Hbond substituents is 1. The summed E-state index contributed by atoms with van der Waals surface area (Å²) in [7, 11) is 3.88. The summed E-state index contributed by atoms with van der Waals surface area (Å²) in [4.78, 5) is 29.9. The van der Waals surface area contributed by atoms with Crippen molar-refractivity contribution in [1.29, 1.82) is 0 Å². The monoisotopic (exact) mass is 496 g/mol. The largest absolute Gasteiger partial charge is 0.507 e. The number of rotatable bonds is 10. The van der Waals surface area contributed by atoms with E-state index in [9.17, 15) is 19.8 Å². The maximum atomic E-state index is 13.3. The van der Waals surface area contributed by atoms with Crippen LogP contribution in [0.25, 0.3) is 5.76 Å². The van der Waals surface area contributed by atoms with Gasteiger partial charge in [-0.05, 0) is 96.2 Å². The smallest absolute Gasteiger partial charge is 0.295 e. The zero-order chi connectivity index (χ0) is 26.6. The van der Waals surface area contributed by atoms with Gasteiger partial charge in [0.2, 0.25) is 0 Å². The third-order valence-electron chi connectivity index (χ3n) is 5.95. The molecular formula is C28H36N2O6. The van der Waals surface area contributed by atoms with Crippen molar-refractivity contribution >= 4 is 17.4 Å². The van der Waals surface area contributed by atoms with E-state index in [1.807, 2.05) is 39.8 Å². The van der Waals surface area contributed by atoms with Crippen molar-refractivity contribution in [2.24, 2.45) is 0 Å². The Kier molecular flexibility index (Phi) is 8.63. The molecule has 0 bridgehead atoms. The van der Waals surface area contributed by atoms with Crippen molar-refractivity contribution in [3.63, 3.8) is 0 Å². The number of aryl methyl sites for hydroxylation is 1. The van der Waals surface area contributed by atoms with E-state index in [2.05, 4.69) is 0 Å². The fourth-order valence-corrected chi connectivity index (χ4v) is 4.32. The van der Waals surface area contributed by atoms with Crippen LogP contribution in [-0.2, 0) is 9.59 Å². The average Bonchev–Trinajstić information content (AvgIpc) is 3.06. The fraction of sp³-hybridized carbons (Fsp3) is 0.429. The van der Waals surface area contributed by atoms with Gasteiger partial charge in [-0.3, -0.25) is 9.59 Å². The van der Waals surface area contributed by atoms with Gasteiger partial charge in [-0.15, -0.1) is 0 Å². The van der Waals surface area contributed by atoms with Crippen LogP contribution in [0.3, 0.4) is 0 Å². The highest BCUT2D eigenvalue weighted by atomic mass is 16.5. The Hall–Kier alpha value is -3.52. The molecule has 36 heavy (non-hydrogen) atoms. The van der Waals surface area contributed by atoms with E-state index >= 15 is 0 Å². The summed E-state index contributed by atoms with van der Waals surface area (Å²) in [5, 5.41) is 21.5. The van der Waals surface area contributed by atoms with Crippen molar-refractivity contribution in [2.45, 2.75) is 46.3 Å². The second-order valence-corrected chi connectivity index (χ2v) is 9.46. The predicted molar refractivity (Wildman–Crippen MR) is 138 cm³/mol. The van der Waals surface area contributed by atoms with Crippen LogP contribution in [0.1, 0.15) is 49.9 Å². The molecule has 8 nitrogen and oxygen atoms in total. The number of aliphatic hydroxyl groups is 1. The lowest BCUT2D eigenvalue weighted by Crippen LogP contribution is -2.32. The minimum absolute atomic E-state index is 0.00918. The number of Topliss-reactive ketones (excluding diaryl/α,β-unsaturated/α-hetero) is 1. The lowest BCUT2D eigenvalue weighted by Gasteiger charge is -2.26. The number of benzene rings is 2. The van der Waals surface area contributed by atoms with Crippen LogP contribution in [0.15, 0.2) is 42.0 Å². The number of likely N-dealkylation sites (tertiary alicyclic amines) is 1. The summed E-state index contributed by atoms with van der Waals surface area (Å²) in [5.41, 5.74) is 1.80. The predicted octanol–water partition coefficient (Wildman–Crippen LogP) is 4.26. The average molecular weight is 497 g/mol. The van der Waals surface area contributed by atoms with Crippen molar-refractivity contribution in [1.82, 2.24) is 9.80 Å². The molecular weight excluding hydrogens is 460 g/mol. The second-order valence-electron chi connectivity index (χ2n) is 9.46. The zero-order valence-corrected chi connectivity index (χ0v) is 21.9. The number of ether oxygens (including phenoxy) is 2. The van der Waals surface area contributed by atoms with Gasteiger partial charge >= 0.3 is 0 Å². The van der Waals surface area contributed by atoms with Gasteiger partial charge in [-0.25, -0.2) is 0 Å². The number of aliphatic hydroxyl groups excluding tert-OH is 1. The summed E-state index contributed by atoms with van der Waals surface area (Å²) >= 11 is 0. The highest BCUT2D eigenvalue weighted by Gasteiger charge is 2.46. The van der Waals surface area contributed by atoms with Crippen molar-refractivity contribution in [3.8, 4) is 17.2 Å². The van der Waals surface area contributed by atoms with E-state index in [4.69, 9.17) is 9.47 Å². The van der Waals surface area contributed by atoms with Gasteiger partial charge in [0.25, 0.3) is 11.7 Å². The van der Waals surface area contributed by atoms with Crippen LogP contribution < -0.4 is 9.47 Å². The molecule has 0 saturated carbocycles. The molecule has 2 N–H and O–H groups in total. The number of nitrogens with zero attached hydrogens (tertiary/aromatic N) is 2. The van der Waals surface area contributed by atoms with Crippen LogP contribution in [0.2, 0.25) is 0 Å². The Bertz CT molecular complexity index is 1150. The Labute approximate surface area is 212 Å². The number of aromatic hydroxyl groups is 1. The normalized spacial score (nSPS) is 17.3. The molecule has 1 saturated heterocycles. The number of carbonyl (C=O) groups excluding carboxylic acids is 2. The Morgan fingerprint density at radius 1 is 1.11 bits per heavy atom. The van der Waals surface area contributed by atoms with Crippen LogP contribution in [0.5, 0.6) is 17.2 Å². The third kappa shape index (κ3) is 5.82. The van der Waals surface area contributed by atoms with E-state index in [1.165, 1.54) is 11.0 Å². The van der Waals surface area contributed by atoms with Gasteiger partial charge in [0.1, 0.15) is 11.5 Å². The second kappa shape index (κ2) is 11.5. The van der Waals surface area contributed by atoms with Gasteiger partial charge in [-0.2, -0.15) is 0 Å². The minimum Gasteiger partial charge on any atom is -0.507 e. The first-order valence-electron chi connectivity index (χ1n) is 12.2. The molecule has 0 aromatic heterocycles. The molecule has 0 radical (unpaired) electrons. The van der Waals surface area contributed by atoms with E-state index in [-0.39, 0.29) is 28.9 Å². The SMILES string of the molecule is CCOc1cc([C@@H]2C(=C(O)c3ccc(OC(C)C)c(C)c3)C(=O)C(=O)N2CCCN(C)C)ccc1O. The molecule has 0 spiro atoms. The molecule has 1 aliphatic heterocycles. The highest BCUT2D eigenvalue weighted by Crippen LogP contribution is 2.42.